The van der Waals surface area contributed by atoms with Gasteiger partial charge in [-0.25, -0.2) is 0 Å². The van der Waals surface area contributed by atoms with Gasteiger partial charge in [-0.05, 0) is 56.5 Å². The van der Waals surface area contributed by atoms with Gasteiger partial charge in [0.05, 0.1) is 19.3 Å². The first-order chi connectivity index (χ1) is 11.0. The van der Waals surface area contributed by atoms with Gasteiger partial charge in [-0.1, -0.05) is 11.6 Å². The van der Waals surface area contributed by atoms with Gasteiger partial charge in [0.15, 0.2) is 0 Å². The van der Waals surface area contributed by atoms with Gasteiger partial charge in [0, 0.05) is 30.1 Å². The Labute approximate surface area is 143 Å². The molecule has 0 spiro atoms. The van der Waals surface area contributed by atoms with Gasteiger partial charge in [0.25, 0.3) is 0 Å². The molecule has 1 N–H and O–H groups in total. The third-order valence-electron chi connectivity index (χ3n) is 5.35. The van der Waals surface area contributed by atoms with Crippen molar-refractivity contribution in [2.45, 2.75) is 44.4 Å². The summed E-state index contributed by atoms with van der Waals surface area (Å²) in [6.45, 7) is 5.06. The summed E-state index contributed by atoms with van der Waals surface area (Å²) in [4.78, 5) is 2.44. The Morgan fingerprint density at radius 3 is 3.04 bits per heavy atom. The third kappa shape index (κ3) is 3.66. The molecule has 2 heterocycles. The maximum absolute atomic E-state index is 10.8. The Balaban J connectivity index is 1.77. The van der Waals surface area contributed by atoms with E-state index in [1.54, 1.807) is 7.11 Å². The number of nitrogens with zero attached hydrogens (tertiary/aromatic N) is 1. The molecule has 1 aromatic rings. The Hall–Kier alpha value is -0.810. The number of hydrogen-bond donors (Lipinski definition) is 1. The molecule has 4 nitrogen and oxygen atoms in total. The summed E-state index contributed by atoms with van der Waals surface area (Å²) in [5, 5.41) is 11.5. The minimum Gasteiger partial charge on any atom is -0.497 e. The van der Waals surface area contributed by atoms with Crippen molar-refractivity contribution < 1.29 is 14.6 Å². The molecule has 23 heavy (non-hydrogen) atoms. The van der Waals surface area contributed by atoms with E-state index in [9.17, 15) is 5.11 Å². The van der Waals surface area contributed by atoms with Crippen molar-refractivity contribution in [1.82, 2.24) is 4.90 Å². The molecule has 2 saturated heterocycles. The lowest BCUT2D eigenvalue weighted by molar-refractivity contribution is -0.123. The van der Waals surface area contributed by atoms with E-state index in [2.05, 4.69) is 4.90 Å². The molecular formula is C18H26ClNO3. The van der Waals surface area contributed by atoms with Crippen molar-refractivity contribution in [2.75, 3.05) is 26.9 Å². The quantitative estimate of drug-likeness (QED) is 0.915. The monoisotopic (exact) mass is 339 g/mol. The van der Waals surface area contributed by atoms with Crippen LogP contribution in [0.2, 0.25) is 5.02 Å². The summed E-state index contributed by atoms with van der Waals surface area (Å²) in [7, 11) is 1.67. The molecule has 128 valence electrons. The van der Waals surface area contributed by atoms with Crippen LogP contribution in [0.4, 0.5) is 0 Å². The molecule has 5 heteroatoms. The number of benzene rings is 1. The topological polar surface area (TPSA) is 41.9 Å². The average molecular weight is 340 g/mol. The van der Waals surface area contributed by atoms with E-state index >= 15 is 0 Å². The first-order valence-corrected chi connectivity index (χ1v) is 8.75. The van der Waals surface area contributed by atoms with Crippen LogP contribution in [0, 0.1) is 5.92 Å². The molecule has 0 aromatic heterocycles. The fourth-order valence-electron chi connectivity index (χ4n) is 3.90. The lowest BCUT2D eigenvalue weighted by Crippen LogP contribution is -2.52. The molecule has 2 aliphatic rings. The maximum atomic E-state index is 10.8. The van der Waals surface area contributed by atoms with Gasteiger partial charge < -0.3 is 14.6 Å². The zero-order chi connectivity index (χ0) is 16.4. The molecule has 3 unspecified atom stereocenters. The van der Waals surface area contributed by atoms with Crippen LogP contribution >= 0.6 is 11.6 Å². The summed E-state index contributed by atoms with van der Waals surface area (Å²) in [5.74, 6) is 0.983. The Bertz CT molecular complexity index is 549. The number of halogens is 1. The zero-order valence-electron chi connectivity index (χ0n) is 13.9. The molecule has 3 atom stereocenters. The second-order valence-corrected chi connectivity index (χ2v) is 7.33. The molecule has 2 fully saturated rings. The smallest absolute Gasteiger partial charge is 0.119 e. The lowest BCUT2D eigenvalue weighted by atomic mass is 9.79. The summed E-state index contributed by atoms with van der Waals surface area (Å²) >= 11 is 6.36. The number of methoxy groups -OCH3 is 1. The summed E-state index contributed by atoms with van der Waals surface area (Å²) in [6, 6.07) is 6.12. The number of aliphatic hydroxyl groups is 1. The molecule has 0 radical (unpaired) electrons. The molecular weight excluding hydrogens is 314 g/mol. The fraction of sp³-hybridized carbons (Fsp3) is 0.667. The van der Waals surface area contributed by atoms with E-state index in [0.717, 1.165) is 42.3 Å². The highest BCUT2D eigenvalue weighted by Crippen LogP contribution is 2.37. The van der Waals surface area contributed by atoms with E-state index < -0.39 is 5.60 Å². The van der Waals surface area contributed by atoms with Crippen LogP contribution in [-0.2, 0) is 11.3 Å². The molecule has 0 aliphatic carbocycles. The Kier molecular flexibility index (Phi) is 5.16. The van der Waals surface area contributed by atoms with Crippen LogP contribution < -0.4 is 4.74 Å². The molecule has 2 aliphatic heterocycles. The van der Waals surface area contributed by atoms with E-state index in [1.165, 1.54) is 0 Å². The molecule has 0 bridgehead atoms. The van der Waals surface area contributed by atoms with E-state index in [4.69, 9.17) is 21.1 Å². The van der Waals surface area contributed by atoms with Crippen molar-refractivity contribution in [1.29, 1.82) is 0 Å². The molecule has 0 amide bonds. The summed E-state index contributed by atoms with van der Waals surface area (Å²) in [6.07, 6.45) is 2.96. The highest BCUT2D eigenvalue weighted by atomic mass is 35.5. The standard InChI is InChI=1S/C18H26ClNO3/c1-18(21)7-9-23-12-15(18)17-4-3-8-20(17)11-13-10-14(22-2)5-6-16(13)19/h5-6,10,15,17,21H,3-4,7-9,11-12H2,1-2H3. The number of ether oxygens (including phenoxy) is 2. The van der Waals surface area contributed by atoms with Crippen molar-refractivity contribution in [3.05, 3.63) is 28.8 Å². The summed E-state index contributed by atoms with van der Waals surface area (Å²) < 4.78 is 11.0. The average Bonchev–Trinajstić information content (AvgIpc) is 2.97. The van der Waals surface area contributed by atoms with E-state index in [-0.39, 0.29) is 5.92 Å². The number of hydrogen-bond acceptors (Lipinski definition) is 4. The molecule has 3 rings (SSSR count). The zero-order valence-corrected chi connectivity index (χ0v) is 14.7. The van der Waals surface area contributed by atoms with Crippen LogP contribution in [0.15, 0.2) is 18.2 Å². The van der Waals surface area contributed by atoms with Crippen LogP contribution in [0.1, 0.15) is 31.7 Å². The van der Waals surface area contributed by atoms with Gasteiger partial charge in [-0.15, -0.1) is 0 Å². The van der Waals surface area contributed by atoms with Crippen LogP contribution in [0.3, 0.4) is 0 Å². The highest BCUT2D eigenvalue weighted by Gasteiger charge is 2.44. The minimum atomic E-state index is -0.649. The lowest BCUT2D eigenvalue weighted by Gasteiger charge is -2.43. The summed E-state index contributed by atoms with van der Waals surface area (Å²) in [5.41, 5.74) is 0.429. The van der Waals surface area contributed by atoms with Crippen molar-refractivity contribution >= 4 is 11.6 Å². The van der Waals surface area contributed by atoms with Crippen molar-refractivity contribution in [3.63, 3.8) is 0 Å². The second kappa shape index (κ2) is 6.98. The van der Waals surface area contributed by atoms with E-state index in [0.29, 0.717) is 25.7 Å². The van der Waals surface area contributed by atoms with Crippen molar-refractivity contribution in [3.8, 4) is 5.75 Å². The highest BCUT2D eigenvalue weighted by molar-refractivity contribution is 6.31. The minimum absolute atomic E-state index is 0.156. The Morgan fingerprint density at radius 2 is 2.30 bits per heavy atom. The molecule has 0 saturated carbocycles. The fourth-order valence-corrected chi connectivity index (χ4v) is 4.08. The van der Waals surface area contributed by atoms with Crippen molar-refractivity contribution in [2.24, 2.45) is 5.92 Å². The van der Waals surface area contributed by atoms with Gasteiger partial charge in [-0.3, -0.25) is 4.90 Å². The number of likely N-dealkylation sites (tertiary alicyclic amines) is 1. The van der Waals surface area contributed by atoms with E-state index in [1.807, 2.05) is 25.1 Å². The SMILES string of the molecule is COc1ccc(Cl)c(CN2CCCC2C2COCCC2(C)O)c1. The van der Waals surface area contributed by atoms with Crippen LogP contribution in [0.5, 0.6) is 5.75 Å². The largest absolute Gasteiger partial charge is 0.497 e. The van der Waals surface area contributed by atoms with Gasteiger partial charge >= 0.3 is 0 Å². The Morgan fingerprint density at radius 1 is 1.48 bits per heavy atom. The first kappa shape index (κ1) is 17.0. The van der Waals surface area contributed by atoms with Gasteiger partial charge in [0.2, 0.25) is 0 Å². The van der Waals surface area contributed by atoms with Crippen LogP contribution in [0.25, 0.3) is 0 Å². The maximum Gasteiger partial charge on any atom is 0.119 e. The first-order valence-electron chi connectivity index (χ1n) is 8.38. The van der Waals surface area contributed by atoms with Crippen LogP contribution in [-0.4, -0.2) is 48.5 Å². The predicted octanol–water partition coefficient (Wildman–Crippen LogP) is 3.10. The van der Waals surface area contributed by atoms with Gasteiger partial charge in [-0.2, -0.15) is 0 Å². The third-order valence-corrected chi connectivity index (χ3v) is 5.72. The number of rotatable bonds is 4. The predicted molar refractivity (Wildman–Crippen MR) is 91.0 cm³/mol. The van der Waals surface area contributed by atoms with Gasteiger partial charge in [0.1, 0.15) is 5.75 Å². The second-order valence-electron chi connectivity index (χ2n) is 6.93. The normalized spacial score (nSPS) is 32.2. The molecule has 1 aromatic carbocycles.